The first-order chi connectivity index (χ1) is 17.0. The average molecular weight is 484 g/mol. The molecule has 0 aromatic heterocycles. The van der Waals surface area contributed by atoms with Crippen molar-refractivity contribution in [3.8, 4) is 5.75 Å². The van der Waals surface area contributed by atoms with Crippen LogP contribution in [0.15, 0.2) is 18.2 Å². The second-order valence-corrected chi connectivity index (χ2v) is 11.2. The summed E-state index contributed by atoms with van der Waals surface area (Å²) in [6.45, 7) is 1.21. The van der Waals surface area contributed by atoms with Crippen molar-refractivity contribution in [1.29, 1.82) is 0 Å². The van der Waals surface area contributed by atoms with Gasteiger partial charge < -0.3 is 15.0 Å². The Bertz CT molecular complexity index is 1030. The zero-order valence-electron chi connectivity index (χ0n) is 20.0. The first-order valence-corrected chi connectivity index (χ1v) is 13.3. The highest BCUT2D eigenvalue weighted by atomic mass is 19.1. The van der Waals surface area contributed by atoms with Gasteiger partial charge in [0.05, 0.1) is 0 Å². The Morgan fingerprint density at radius 3 is 2.69 bits per heavy atom. The van der Waals surface area contributed by atoms with Crippen LogP contribution in [0.5, 0.6) is 5.75 Å². The summed E-state index contributed by atoms with van der Waals surface area (Å²) in [4.78, 5) is 38.3. The predicted octanol–water partition coefficient (Wildman–Crippen LogP) is 3.11. The summed E-state index contributed by atoms with van der Waals surface area (Å²) in [6.07, 6.45) is 7.14. The van der Waals surface area contributed by atoms with Gasteiger partial charge in [0, 0.05) is 24.6 Å². The van der Waals surface area contributed by atoms with Gasteiger partial charge in [-0.1, -0.05) is 6.42 Å². The Morgan fingerprint density at radius 2 is 1.89 bits per heavy atom. The van der Waals surface area contributed by atoms with Crippen molar-refractivity contribution in [3.63, 3.8) is 0 Å². The van der Waals surface area contributed by atoms with Crippen molar-refractivity contribution < 1.29 is 23.5 Å². The van der Waals surface area contributed by atoms with E-state index >= 15 is 0 Å². The number of carbonyl (C=O) groups is 3. The SMILES string of the molecule is O=C1CCC(N2Cc3cc(O[C@H]4CCCC[C@@H]4NC[C@H]4C[C@@H](F)C5CC4C5)ccc3C2=O)C(=O)N1. The first-order valence-electron chi connectivity index (χ1n) is 13.3. The smallest absolute Gasteiger partial charge is 0.255 e. The van der Waals surface area contributed by atoms with E-state index in [1.165, 1.54) is 6.42 Å². The van der Waals surface area contributed by atoms with Crippen molar-refractivity contribution in [2.45, 2.75) is 88.7 Å². The van der Waals surface area contributed by atoms with E-state index in [2.05, 4.69) is 10.6 Å². The van der Waals surface area contributed by atoms with Gasteiger partial charge in [0.2, 0.25) is 11.8 Å². The largest absolute Gasteiger partial charge is 0.489 e. The van der Waals surface area contributed by atoms with Crippen LogP contribution in [0.25, 0.3) is 0 Å². The Morgan fingerprint density at radius 1 is 1.06 bits per heavy atom. The number of ether oxygens (including phenoxy) is 1. The third-order valence-corrected chi connectivity index (χ3v) is 9.04. The topological polar surface area (TPSA) is 87.7 Å². The van der Waals surface area contributed by atoms with E-state index in [0.29, 0.717) is 42.7 Å². The zero-order chi connectivity index (χ0) is 24.1. The number of carbonyl (C=O) groups excluding carboxylic acids is 3. The third kappa shape index (κ3) is 4.34. The quantitative estimate of drug-likeness (QED) is 0.607. The van der Waals surface area contributed by atoms with E-state index in [4.69, 9.17) is 4.74 Å². The molecular weight excluding hydrogens is 449 g/mol. The molecule has 1 aromatic carbocycles. The number of halogens is 1. The van der Waals surface area contributed by atoms with Crippen molar-refractivity contribution in [2.75, 3.05) is 6.54 Å². The monoisotopic (exact) mass is 483 g/mol. The van der Waals surface area contributed by atoms with Crippen LogP contribution in [0.1, 0.15) is 73.7 Å². The molecule has 2 bridgehead atoms. The molecule has 6 aliphatic rings. The normalized spacial score (nSPS) is 36.4. The second kappa shape index (κ2) is 9.19. The highest BCUT2D eigenvalue weighted by molar-refractivity contribution is 6.05. The van der Waals surface area contributed by atoms with Gasteiger partial charge >= 0.3 is 0 Å². The van der Waals surface area contributed by atoms with E-state index in [-0.39, 0.29) is 30.4 Å². The van der Waals surface area contributed by atoms with Crippen molar-refractivity contribution in [1.82, 2.24) is 15.5 Å². The van der Waals surface area contributed by atoms with Crippen molar-refractivity contribution in [2.24, 2.45) is 17.8 Å². The van der Waals surface area contributed by atoms with Gasteiger partial charge in [-0.3, -0.25) is 19.7 Å². The minimum atomic E-state index is -0.626. The fraction of sp³-hybridized carbons (Fsp3) is 0.667. The van der Waals surface area contributed by atoms with Crippen LogP contribution < -0.4 is 15.4 Å². The number of nitrogens with zero attached hydrogens (tertiary/aromatic N) is 1. The lowest BCUT2D eigenvalue weighted by Crippen LogP contribution is -2.52. The molecule has 2 N–H and O–H groups in total. The Hall–Kier alpha value is -2.48. The molecule has 0 spiro atoms. The highest BCUT2D eigenvalue weighted by Gasteiger charge is 2.46. The molecule has 4 aliphatic carbocycles. The Balaban J connectivity index is 1.09. The number of hydrogen-bond donors (Lipinski definition) is 2. The van der Waals surface area contributed by atoms with Gasteiger partial charge in [-0.25, -0.2) is 4.39 Å². The minimum Gasteiger partial charge on any atom is -0.489 e. The second-order valence-electron chi connectivity index (χ2n) is 11.2. The van der Waals surface area contributed by atoms with E-state index in [1.807, 2.05) is 12.1 Å². The summed E-state index contributed by atoms with van der Waals surface area (Å²) >= 11 is 0. The predicted molar refractivity (Wildman–Crippen MR) is 126 cm³/mol. The summed E-state index contributed by atoms with van der Waals surface area (Å²) in [6, 6.07) is 5.20. The standard InChI is InChI=1S/C27H34FN3O4/c28-21-12-17(15-9-16(21)10-15)13-29-22-3-1-2-4-24(22)35-19-5-6-20-18(11-19)14-31(27(20)34)23-7-8-25(32)30-26(23)33/h5-6,11,15-17,21-24,29H,1-4,7-10,12-14H2,(H,30,32,33)/t15?,16?,17-,21-,22+,23?,24+/m1/s1. The van der Waals surface area contributed by atoms with Crippen molar-refractivity contribution >= 4 is 17.7 Å². The number of piperidine rings is 1. The molecule has 7 rings (SSSR count). The Kier molecular flexibility index (Phi) is 6.03. The van der Waals surface area contributed by atoms with Crippen LogP contribution in [0.2, 0.25) is 0 Å². The lowest BCUT2D eigenvalue weighted by atomic mass is 9.59. The highest BCUT2D eigenvalue weighted by Crippen LogP contribution is 2.50. The molecule has 5 atom stereocenters. The molecule has 1 saturated heterocycles. The van der Waals surface area contributed by atoms with Crippen LogP contribution in [0.4, 0.5) is 4.39 Å². The molecule has 2 heterocycles. The van der Waals surface area contributed by atoms with E-state index in [0.717, 1.165) is 50.0 Å². The molecular formula is C27H34FN3O4. The van der Waals surface area contributed by atoms with Gasteiger partial charge in [0.15, 0.2) is 0 Å². The van der Waals surface area contributed by atoms with Crippen LogP contribution in [-0.4, -0.2) is 53.5 Å². The number of amides is 3. The maximum absolute atomic E-state index is 14.2. The average Bonchev–Trinajstić information content (AvgIpc) is 3.13. The summed E-state index contributed by atoms with van der Waals surface area (Å²) < 4.78 is 20.7. The lowest BCUT2D eigenvalue weighted by molar-refractivity contribution is -0.136. The van der Waals surface area contributed by atoms with E-state index < -0.39 is 18.1 Å². The molecule has 2 aliphatic heterocycles. The van der Waals surface area contributed by atoms with Crippen LogP contribution in [0.3, 0.4) is 0 Å². The molecule has 1 unspecified atom stereocenters. The van der Waals surface area contributed by atoms with Gasteiger partial charge in [-0.05, 0) is 93.0 Å². The summed E-state index contributed by atoms with van der Waals surface area (Å²) in [7, 11) is 0. The minimum absolute atomic E-state index is 0.0454. The maximum Gasteiger partial charge on any atom is 0.255 e. The van der Waals surface area contributed by atoms with Crippen LogP contribution >= 0.6 is 0 Å². The summed E-state index contributed by atoms with van der Waals surface area (Å²) in [5, 5.41) is 6.07. The van der Waals surface area contributed by atoms with Gasteiger partial charge in [-0.15, -0.1) is 0 Å². The fourth-order valence-corrected chi connectivity index (χ4v) is 6.89. The summed E-state index contributed by atoms with van der Waals surface area (Å²) in [5.74, 6) is 1.32. The van der Waals surface area contributed by atoms with Gasteiger partial charge in [0.25, 0.3) is 5.91 Å². The van der Waals surface area contributed by atoms with Gasteiger partial charge in [0.1, 0.15) is 24.1 Å². The molecule has 0 radical (unpaired) electrons. The van der Waals surface area contributed by atoms with E-state index in [9.17, 15) is 18.8 Å². The number of benzene rings is 1. The van der Waals surface area contributed by atoms with E-state index in [1.54, 1.807) is 11.0 Å². The number of fused-ring (bicyclic) bond motifs is 3. The first kappa shape index (κ1) is 23.0. The number of rotatable bonds is 6. The third-order valence-electron chi connectivity index (χ3n) is 9.04. The molecule has 1 aromatic rings. The number of nitrogens with one attached hydrogen (secondary N) is 2. The van der Waals surface area contributed by atoms with Crippen molar-refractivity contribution in [3.05, 3.63) is 29.3 Å². The lowest BCUT2D eigenvalue weighted by Gasteiger charge is -2.49. The fourth-order valence-electron chi connectivity index (χ4n) is 6.89. The molecule has 4 saturated carbocycles. The van der Waals surface area contributed by atoms with Gasteiger partial charge in [-0.2, -0.15) is 0 Å². The molecule has 188 valence electrons. The number of hydrogen-bond acceptors (Lipinski definition) is 5. The Labute approximate surface area is 205 Å². The summed E-state index contributed by atoms with van der Waals surface area (Å²) in [5.41, 5.74) is 1.45. The van der Waals surface area contributed by atoms with Crippen LogP contribution in [-0.2, 0) is 16.1 Å². The molecule has 3 amide bonds. The maximum atomic E-state index is 14.2. The molecule has 35 heavy (non-hydrogen) atoms. The molecule has 8 heteroatoms. The number of alkyl halides is 1. The molecule has 5 fully saturated rings. The zero-order valence-corrected chi connectivity index (χ0v) is 20.0. The molecule has 7 nitrogen and oxygen atoms in total. The number of imide groups is 1. The van der Waals surface area contributed by atoms with Crippen LogP contribution in [0, 0.1) is 17.8 Å².